The number of methoxy groups -OCH3 is 1. The van der Waals surface area contributed by atoms with Crippen LogP contribution in [-0.4, -0.2) is 65.0 Å². The van der Waals surface area contributed by atoms with Crippen molar-refractivity contribution in [3.63, 3.8) is 0 Å². The highest BCUT2D eigenvalue weighted by molar-refractivity contribution is 6.02. The third-order valence-corrected chi connectivity index (χ3v) is 6.91. The van der Waals surface area contributed by atoms with Crippen LogP contribution in [0.2, 0.25) is 0 Å². The highest BCUT2D eigenvalue weighted by Gasteiger charge is 2.18. The fourth-order valence-electron chi connectivity index (χ4n) is 4.94. The number of aromatic nitrogens is 3. The summed E-state index contributed by atoms with van der Waals surface area (Å²) in [4.78, 5) is 38.6. The van der Waals surface area contributed by atoms with Gasteiger partial charge in [-0.3, -0.25) is 14.5 Å². The molecule has 4 aromatic rings. The van der Waals surface area contributed by atoms with Crippen molar-refractivity contribution in [3.8, 4) is 5.75 Å². The van der Waals surface area contributed by atoms with Crippen LogP contribution in [0.15, 0.2) is 54.7 Å². The predicted molar refractivity (Wildman–Crippen MR) is 161 cm³/mol. The topological polar surface area (TPSA) is 150 Å². The molecule has 5 rings (SSSR count). The maximum atomic E-state index is 14.2. The van der Waals surface area contributed by atoms with E-state index in [0.717, 1.165) is 44.1 Å². The van der Waals surface area contributed by atoms with Gasteiger partial charge in [0.25, 0.3) is 5.91 Å². The summed E-state index contributed by atoms with van der Waals surface area (Å²) in [6, 6.07) is 11.4. The second-order valence-electron chi connectivity index (χ2n) is 9.93. The number of aromatic amines is 1. The Balaban J connectivity index is 1.43. The normalized spacial score (nSPS) is 13.5. The van der Waals surface area contributed by atoms with E-state index in [4.69, 9.17) is 10.5 Å². The molecule has 0 atom stereocenters. The fourth-order valence-corrected chi connectivity index (χ4v) is 4.94. The lowest BCUT2D eigenvalue weighted by Gasteiger charge is -2.27. The lowest BCUT2D eigenvalue weighted by Crippen LogP contribution is -2.33. The Bertz CT molecular complexity index is 1650. The van der Waals surface area contributed by atoms with Gasteiger partial charge in [-0.05, 0) is 66.9 Å². The van der Waals surface area contributed by atoms with Crippen LogP contribution in [0.5, 0.6) is 5.75 Å². The molecule has 0 radical (unpaired) electrons. The number of hydrogen-bond acceptors (Lipinski definition) is 8. The van der Waals surface area contributed by atoms with Crippen LogP contribution in [0, 0.1) is 5.82 Å². The summed E-state index contributed by atoms with van der Waals surface area (Å²) in [6.07, 6.45) is 6.11. The largest absolute Gasteiger partial charge is 0.495 e. The molecule has 2 aromatic heterocycles. The highest BCUT2D eigenvalue weighted by atomic mass is 19.1. The molecule has 218 valence electrons. The number of nitrogens with one attached hydrogen (secondary N) is 4. The smallest absolute Gasteiger partial charge is 0.253 e. The number of anilines is 4. The standard InChI is InChI=1S/C30H33FN8O3/c1-3-12-39-13-4-5-19(17-39)18-6-9-23(25(14-18)42-2)36-30-37-27-22(10-11-33-27)28(38-30)35-24-15-20(31)7-8-21(24)29(41)34-16-26(32)40/h5-11,14-15H,3-4,12-13,16-17H2,1-2H3,(H2,32,40)(H,34,41)(H3,33,35,36,37,38). The molecule has 42 heavy (non-hydrogen) atoms. The molecule has 0 bridgehead atoms. The van der Waals surface area contributed by atoms with E-state index in [1.165, 1.54) is 17.7 Å². The number of carbonyl (C=O) groups excluding carboxylic acids is 2. The van der Waals surface area contributed by atoms with Crippen molar-refractivity contribution >= 4 is 51.6 Å². The molecule has 11 nitrogen and oxygen atoms in total. The second kappa shape index (κ2) is 12.7. The van der Waals surface area contributed by atoms with Crippen LogP contribution in [0.25, 0.3) is 16.6 Å². The molecule has 3 heterocycles. The third kappa shape index (κ3) is 6.50. The number of nitrogens with two attached hydrogens (primary N) is 1. The molecule has 0 saturated carbocycles. The molecule has 0 saturated heterocycles. The summed E-state index contributed by atoms with van der Waals surface area (Å²) >= 11 is 0. The second-order valence-corrected chi connectivity index (χ2v) is 9.93. The summed E-state index contributed by atoms with van der Waals surface area (Å²) in [5.41, 5.74) is 8.96. The molecular formula is C30H33FN8O3. The van der Waals surface area contributed by atoms with Crippen LogP contribution in [-0.2, 0) is 4.79 Å². The summed E-state index contributed by atoms with van der Waals surface area (Å²) in [6.45, 7) is 4.87. The maximum Gasteiger partial charge on any atom is 0.253 e. The zero-order valence-corrected chi connectivity index (χ0v) is 23.5. The van der Waals surface area contributed by atoms with Gasteiger partial charge in [0.05, 0.1) is 36.0 Å². The lowest BCUT2D eigenvalue weighted by atomic mass is 10.00. The predicted octanol–water partition coefficient (Wildman–Crippen LogP) is 4.31. The maximum absolute atomic E-state index is 14.2. The first-order valence-corrected chi connectivity index (χ1v) is 13.7. The number of carbonyl (C=O) groups is 2. The van der Waals surface area contributed by atoms with E-state index in [1.54, 1.807) is 19.4 Å². The van der Waals surface area contributed by atoms with Crippen molar-refractivity contribution in [1.29, 1.82) is 0 Å². The van der Waals surface area contributed by atoms with Gasteiger partial charge in [0.1, 0.15) is 23.0 Å². The first kappa shape index (κ1) is 28.6. The minimum atomic E-state index is -0.696. The van der Waals surface area contributed by atoms with Crippen molar-refractivity contribution in [2.45, 2.75) is 19.8 Å². The van der Waals surface area contributed by atoms with Crippen LogP contribution < -0.4 is 26.4 Å². The van der Waals surface area contributed by atoms with E-state index in [9.17, 15) is 14.0 Å². The van der Waals surface area contributed by atoms with Gasteiger partial charge in [0.15, 0.2) is 0 Å². The number of primary amides is 1. The molecular weight excluding hydrogens is 539 g/mol. The van der Waals surface area contributed by atoms with Crippen LogP contribution in [0.3, 0.4) is 0 Å². The summed E-state index contributed by atoms with van der Waals surface area (Å²) in [5, 5.41) is 9.34. The summed E-state index contributed by atoms with van der Waals surface area (Å²) < 4.78 is 20.0. The van der Waals surface area contributed by atoms with Crippen molar-refractivity contribution in [1.82, 2.24) is 25.2 Å². The molecule has 2 amide bonds. The fraction of sp³-hybridized carbons (Fsp3) is 0.267. The number of H-pyrrole nitrogens is 1. The van der Waals surface area contributed by atoms with Gasteiger partial charge in [-0.1, -0.05) is 19.1 Å². The Morgan fingerprint density at radius 3 is 2.76 bits per heavy atom. The van der Waals surface area contributed by atoms with Crippen molar-refractivity contribution in [3.05, 3.63) is 71.7 Å². The van der Waals surface area contributed by atoms with Gasteiger partial charge >= 0.3 is 0 Å². The zero-order chi connectivity index (χ0) is 29.6. The number of benzene rings is 2. The molecule has 0 fully saturated rings. The SMILES string of the molecule is CCCN1CCC=C(c2ccc(Nc3nc(Nc4cc(F)ccc4C(=O)NCC(N)=O)c4cc[nH]c4n3)c(OC)c2)C1. The van der Waals surface area contributed by atoms with E-state index < -0.39 is 17.6 Å². The monoisotopic (exact) mass is 572 g/mol. The Morgan fingerprint density at radius 1 is 1.12 bits per heavy atom. The van der Waals surface area contributed by atoms with Gasteiger partial charge in [0, 0.05) is 19.3 Å². The van der Waals surface area contributed by atoms with E-state index in [-0.39, 0.29) is 23.7 Å². The molecule has 2 aromatic carbocycles. The number of rotatable bonds is 11. The number of ether oxygens (including phenoxy) is 1. The van der Waals surface area contributed by atoms with Gasteiger partial charge < -0.3 is 31.4 Å². The van der Waals surface area contributed by atoms with Crippen molar-refractivity contribution in [2.75, 3.05) is 43.9 Å². The molecule has 1 aliphatic heterocycles. The molecule has 6 N–H and O–H groups in total. The van der Waals surface area contributed by atoms with Crippen molar-refractivity contribution in [2.24, 2.45) is 5.73 Å². The molecule has 1 aliphatic rings. The van der Waals surface area contributed by atoms with Crippen LogP contribution in [0.1, 0.15) is 35.7 Å². The molecule has 0 unspecified atom stereocenters. The number of hydrogen-bond donors (Lipinski definition) is 5. The van der Waals surface area contributed by atoms with E-state index in [0.29, 0.717) is 28.3 Å². The average molecular weight is 573 g/mol. The van der Waals surface area contributed by atoms with Crippen LogP contribution >= 0.6 is 0 Å². The Labute approximate surface area is 242 Å². The van der Waals surface area contributed by atoms with E-state index in [2.05, 4.69) is 48.8 Å². The zero-order valence-electron chi connectivity index (χ0n) is 23.5. The molecule has 0 aliphatic carbocycles. The lowest BCUT2D eigenvalue weighted by molar-refractivity contribution is -0.117. The number of halogens is 1. The summed E-state index contributed by atoms with van der Waals surface area (Å²) in [5.74, 6) is -0.637. The van der Waals surface area contributed by atoms with Gasteiger partial charge in [-0.15, -0.1) is 0 Å². The minimum absolute atomic E-state index is 0.112. The average Bonchev–Trinajstić information content (AvgIpc) is 3.46. The first-order chi connectivity index (χ1) is 20.3. The van der Waals surface area contributed by atoms with Crippen LogP contribution in [0.4, 0.5) is 27.5 Å². The van der Waals surface area contributed by atoms with Crippen molar-refractivity contribution < 1.29 is 18.7 Å². The first-order valence-electron chi connectivity index (χ1n) is 13.7. The summed E-state index contributed by atoms with van der Waals surface area (Å²) in [7, 11) is 1.61. The number of amides is 2. The van der Waals surface area contributed by atoms with E-state index in [1.807, 2.05) is 18.2 Å². The minimum Gasteiger partial charge on any atom is -0.495 e. The van der Waals surface area contributed by atoms with Gasteiger partial charge in [-0.25, -0.2) is 4.39 Å². The molecule has 12 heteroatoms. The molecule has 0 spiro atoms. The Hall–Kier alpha value is -4.97. The van der Waals surface area contributed by atoms with E-state index >= 15 is 0 Å². The Morgan fingerprint density at radius 2 is 1.98 bits per heavy atom. The highest BCUT2D eigenvalue weighted by Crippen LogP contribution is 2.33. The van der Waals surface area contributed by atoms with Gasteiger partial charge in [-0.2, -0.15) is 9.97 Å². The number of nitrogens with zero attached hydrogens (tertiary/aromatic N) is 3. The van der Waals surface area contributed by atoms with Gasteiger partial charge in [0.2, 0.25) is 11.9 Å². The Kier molecular flexibility index (Phi) is 8.63. The third-order valence-electron chi connectivity index (χ3n) is 6.91. The quantitative estimate of drug-likeness (QED) is 0.178. The number of fused-ring (bicyclic) bond motifs is 1.